The first-order valence-corrected chi connectivity index (χ1v) is 9.91. The van der Waals surface area contributed by atoms with Gasteiger partial charge in [-0.05, 0) is 56.3 Å². The Morgan fingerprint density at radius 3 is 2.61 bits per heavy atom. The highest BCUT2D eigenvalue weighted by Crippen LogP contribution is 2.22. The minimum Gasteiger partial charge on any atom is -0.321 e. The van der Waals surface area contributed by atoms with Gasteiger partial charge in [0.1, 0.15) is 12.1 Å². The van der Waals surface area contributed by atoms with Gasteiger partial charge in [0.15, 0.2) is 0 Å². The van der Waals surface area contributed by atoms with E-state index in [4.69, 9.17) is 0 Å². The van der Waals surface area contributed by atoms with Crippen molar-refractivity contribution in [3.63, 3.8) is 0 Å². The van der Waals surface area contributed by atoms with E-state index in [1.54, 1.807) is 24.9 Å². The van der Waals surface area contributed by atoms with E-state index in [-0.39, 0.29) is 5.91 Å². The zero-order valence-corrected chi connectivity index (χ0v) is 17.1. The second-order valence-corrected chi connectivity index (χ2v) is 7.29. The number of pyridine rings is 2. The van der Waals surface area contributed by atoms with Gasteiger partial charge in [0.2, 0.25) is 0 Å². The maximum Gasteiger partial charge on any atom is 0.257 e. The van der Waals surface area contributed by atoms with E-state index in [0.29, 0.717) is 11.3 Å². The summed E-state index contributed by atoms with van der Waals surface area (Å²) < 4.78 is 3.94. The van der Waals surface area contributed by atoms with E-state index >= 15 is 0 Å². The van der Waals surface area contributed by atoms with Crippen molar-refractivity contribution in [3.05, 3.63) is 96.5 Å². The molecule has 1 aromatic carbocycles. The molecule has 0 saturated carbocycles. The summed E-state index contributed by atoms with van der Waals surface area (Å²) in [6, 6.07) is 17.3. The molecule has 0 fully saturated rings. The van der Waals surface area contributed by atoms with Crippen LogP contribution in [0.15, 0.2) is 79.5 Å². The summed E-state index contributed by atoms with van der Waals surface area (Å²) in [5.74, 6) is 0.562. The molecule has 7 heteroatoms. The molecular formula is C24H20N6O. The minimum atomic E-state index is -0.175. The Morgan fingerprint density at radius 2 is 1.84 bits per heavy atom. The lowest BCUT2D eigenvalue weighted by atomic mass is 10.2. The predicted octanol–water partition coefficient (Wildman–Crippen LogP) is 4.48. The van der Waals surface area contributed by atoms with E-state index in [9.17, 15) is 4.79 Å². The first kappa shape index (κ1) is 18.7. The largest absolute Gasteiger partial charge is 0.321 e. The Morgan fingerprint density at radius 1 is 0.968 bits per heavy atom. The summed E-state index contributed by atoms with van der Waals surface area (Å²) in [4.78, 5) is 26.0. The second-order valence-electron chi connectivity index (χ2n) is 7.29. The van der Waals surface area contributed by atoms with Crippen molar-refractivity contribution in [3.8, 4) is 11.5 Å². The van der Waals surface area contributed by atoms with Crippen molar-refractivity contribution in [2.45, 2.75) is 13.8 Å². The molecule has 0 unspecified atom stereocenters. The van der Waals surface area contributed by atoms with Gasteiger partial charge in [0.05, 0.1) is 40.4 Å². The smallest absolute Gasteiger partial charge is 0.257 e. The molecule has 7 nitrogen and oxygen atoms in total. The molecule has 1 amide bonds. The SMILES string of the molecule is Cc1cc(C(=O)Nc2ccc(-n3cnc4ccccc43)nc2)c(C)n1-c1cccnc1. The Balaban J connectivity index is 1.39. The number of nitrogens with one attached hydrogen (secondary N) is 1. The number of amides is 1. The summed E-state index contributed by atoms with van der Waals surface area (Å²) in [5, 5.41) is 2.95. The van der Waals surface area contributed by atoms with Crippen molar-refractivity contribution >= 4 is 22.6 Å². The lowest BCUT2D eigenvalue weighted by Gasteiger charge is -2.10. The van der Waals surface area contributed by atoms with Gasteiger partial charge in [-0.2, -0.15) is 0 Å². The van der Waals surface area contributed by atoms with Gasteiger partial charge in [-0.1, -0.05) is 12.1 Å². The van der Waals surface area contributed by atoms with Gasteiger partial charge < -0.3 is 9.88 Å². The fourth-order valence-electron chi connectivity index (χ4n) is 3.82. The fraction of sp³-hybridized carbons (Fsp3) is 0.0833. The summed E-state index contributed by atoms with van der Waals surface area (Å²) in [7, 11) is 0. The van der Waals surface area contributed by atoms with Crippen LogP contribution in [0.4, 0.5) is 5.69 Å². The zero-order valence-electron chi connectivity index (χ0n) is 17.1. The van der Waals surface area contributed by atoms with Crippen molar-refractivity contribution in [1.29, 1.82) is 0 Å². The molecule has 1 N–H and O–H groups in total. The van der Waals surface area contributed by atoms with E-state index in [1.165, 1.54) is 0 Å². The van der Waals surface area contributed by atoms with Gasteiger partial charge in [-0.15, -0.1) is 0 Å². The first-order chi connectivity index (χ1) is 15.1. The van der Waals surface area contributed by atoms with E-state index in [2.05, 4.69) is 20.3 Å². The van der Waals surface area contributed by atoms with E-state index in [1.807, 2.05) is 77.6 Å². The molecule has 5 aromatic rings. The summed E-state index contributed by atoms with van der Waals surface area (Å²) in [6.07, 6.45) is 6.92. The van der Waals surface area contributed by atoms with Gasteiger partial charge in [0, 0.05) is 17.6 Å². The minimum absolute atomic E-state index is 0.175. The highest BCUT2D eigenvalue weighted by Gasteiger charge is 2.17. The van der Waals surface area contributed by atoms with Crippen LogP contribution in [-0.2, 0) is 0 Å². The van der Waals surface area contributed by atoms with Gasteiger partial charge >= 0.3 is 0 Å². The number of hydrogen-bond donors (Lipinski definition) is 1. The fourth-order valence-corrected chi connectivity index (χ4v) is 3.82. The van der Waals surface area contributed by atoms with Crippen LogP contribution in [0.1, 0.15) is 21.7 Å². The van der Waals surface area contributed by atoms with Gasteiger partial charge in [0.25, 0.3) is 5.91 Å². The number of aryl methyl sites for hydroxylation is 1. The normalized spacial score (nSPS) is 11.0. The van der Waals surface area contributed by atoms with Crippen LogP contribution in [0, 0.1) is 13.8 Å². The number of imidazole rings is 1. The molecule has 152 valence electrons. The topological polar surface area (TPSA) is 77.6 Å². The Hall–Kier alpha value is -4.26. The molecule has 31 heavy (non-hydrogen) atoms. The van der Waals surface area contributed by atoms with Crippen molar-refractivity contribution in [2.24, 2.45) is 0 Å². The number of fused-ring (bicyclic) bond motifs is 1. The molecule has 0 radical (unpaired) electrons. The Kier molecular flexibility index (Phi) is 4.55. The third-order valence-electron chi connectivity index (χ3n) is 5.29. The molecule has 0 aliphatic heterocycles. The van der Waals surface area contributed by atoms with Crippen molar-refractivity contribution < 1.29 is 4.79 Å². The van der Waals surface area contributed by atoms with Gasteiger partial charge in [-0.25, -0.2) is 9.97 Å². The number of carbonyl (C=O) groups is 1. The quantitative estimate of drug-likeness (QED) is 0.476. The van der Waals surface area contributed by atoms with Crippen LogP contribution < -0.4 is 5.32 Å². The third kappa shape index (κ3) is 3.36. The second kappa shape index (κ2) is 7.53. The van der Waals surface area contributed by atoms with E-state index in [0.717, 1.165) is 33.9 Å². The molecule has 5 rings (SSSR count). The molecular weight excluding hydrogens is 388 g/mol. The molecule has 0 bridgehead atoms. The Bertz CT molecular complexity index is 1380. The Labute approximate surface area is 179 Å². The average Bonchev–Trinajstić information content (AvgIpc) is 3.35. The summed E-state index contributed by atoms with van der Waals surface area (Å²) >= 11 is 0. The average molecular weight is 408 g/mol. The first-order valence-electron chi connectivity index (χ1n) is 9.91. The number of para-hydroxylation sites is 2. The molecule has 0 aliphatic carbocycles. The molecule has 0 aliphatic rings. The van der Waals surface area contributed by atoms with Crippen LogP contribution in [-0.4, -0.2) is 30.0 Å². The standard InChI is InChI=1S/C24H20N6O/c1-16-12-20(17(2)30(16)19-6-5-11-25-14-19)24(31)28-18-9-10-23(26-13-18)29-15-27-21-7-3-4-8-22(21)29/h3-15H,1-2H3,(H,28,31). The van der Waals surface area contributed by atoms with Crippen LogP contribution in [0.5, 0.6) is 0 Å². The summed E-state index contributed by atoms with van der Waals surface area (Å²) in [6.45, 7) is 3.91. The van der Waals surface area contributed by atoms with Crippen molar-refractivity contribution in [2.75, 3.05) is 5.32 Å². The maximum absolute atomic E-state index is 12.9. The number of hydrogen-bond acceptors (Lipinski definition) is 4. The number of nitrogens with zero attached hydrogens (tertiary/aromatic N) is 5. The molecule has 0 atom stereocenters. The zero-order chi connectivity index (χ0) is 21.4. The molecule has 4 aromatic heterocycles. The van der Waals surface area contributed by atoms with Crippen LogP contribution in [0.3, 0.4) is 0 Å². The van der Waals surface area contributed by atoms with E-state index < -0.39 is 0 Å². The highest BCUT2D eigenvalue weighted by atomic mass is 16.1. The van der Waals surface area contributed by atoms with Crippen LogP contribution in [0.2, 0.25) is 0 Å². The number of aromatic nitrogens is 5. The lowest BCUT2D eigenvalue weighted by Crippen LogP contribution is -2.13. The molecule has 4 heterocycles. The number of anilines is 1. The predicted molar refractivity (Wildman–Crippen MR) is 120 cm³/mol. The van der Waals surface area contributed by atoms with Crippen LogP contribution in [0.25, 0.3) is 22.5 Å². The summed E-state index contributed by atoms with van der Waals surface area (Å²) in [5.41, 5.74) is 5.89. The van der Waals surface area contributed by atoms with Crippen LogP contribution >= 0.6 is 0 Å². The number of rotatable bonds is 4. The maximum atomic E-state index is 12.9. The number of benzene rings is 1. The van der Waals surface area contributed by atoms with Gasteiger partial charge in [-0.3, -0.25) is 14.3 Å². The number of carbonyl (C=O) groups excluding carboxylic acids is 1. The highest BCUT2D eigenvalue weighted by molar-refractivity contribution is 6.05. The monoisotopic (exact) mass is 408 g/mol. The third-order valence-corrected chi connectivity index (χ3v) is 5.29. The van der Waals surface area contributed by atoms with Crippen molar-refractivity contribution in [1.82, 2.24) is 24.1 Å². The molecule has 0 saturated heterocycles. The molecule has 0 spiro atoms. The lowest BCUT2D eigenvalue weighted by molar-refractivity contribution is 0.102.